The van der Waals surface area contributed by atoms with Crippen molar-refractivity contribution in [1.29, 1.82) is 0 Å². The van der Waals surface area contributed by atoms with Gasteiger partial charge in [-0.15, -0.1) is 0 Å². The molecule has 1 N–H and O–H groups in total. The minimum Gasteiger partial charge on any atom is -0.343 e. The molecular formula is C29H36FN3O3. The molecule has 192 valence electrons. The van der Waals surface area contributed by atoms with Crippen LogP contribution in [0.1, 0.15) is 69.2 Å². The molecule has 0 saturated carbocycles. The van der Waals surface area contributed by atoms with Crippen LogP contribution in [0.5, 0.6) is 0 Å². The number of rotatable bonds is 6. The monoisotopic (exact) mass is 493 g/mol. The van der Waals surface area contributed by atoms with Gasteiger partial charge < -0.3 is 15.1 Å². The number of hydrogen-bond donors (Lipinski definition) is 1. The minimum absolute atomic E-state index is 0.0299. The minimum atomic E-state index is -1.26. The normalized spacial score (nSPS) is 24.7. The molecule has 0 bridgehead atoms. The lowest BCUT2D eigenvalue weighted by atomic mass is 9.87. The molecular weight excluding hydrogens is 457 g/mol. The third-order valence-corrected chi connectivity index (χ3v) is 7.60. The Labute approximate surface area is 212 Å². The first kappa shape index (κ1) is 25.9. The molecule has 0 aliphatic carbocycles. The van der Waals surface area contributed by atoms with Crippen LogP contribution in [0.4, 0.5) is 4.39 Å². The Morgan fingerprint density at radius 1 is 1.00 bits per heavy atom. The van der Waals surface area contributed by atoms with Crippen LogP contribution in [0.25, 0.3) is 0 Å². The van der Waals surface area contributed by atoms with E-state index in [4.69, 9.17) is 0 Å². The summed E-state index contributed by atoms with van der Waals surface area (Å²) >= 11 is 0. The summed E-state index contributed by atoms with van der Waals surface area (Å²) in [6.45, 7) is 8.22. The summed E-state index contributed by atoms with van der Waals surface area (Å²) in [6.07, 6.45) is -0.793. The Bertz CT molecular complexity index is 1100. The van der Waals surface area contributed by atoms with Gasteiger partial charge >= 0.3 is 0 Å². The Hall–Kier alpha value is -3.22. The number of nitrogens with one attached hydrogen (secondary N) is 1. The van der Waals surface area contributed by atoms with E-state index in [9.17, 15) is 18.8 Å². The molecule has 2 aliphatic heterocycles. The molecule has 2 fully saturated rings. The van der Waals surface area contributed by atoms with E-state index in [-0.39, 0.29) is 37.2 Å². The third kappa shape index (κ3) is 5.30. The van der Waals surface area contributed by atoms with Crippen LogP contribution in [0.2, 0.25) is 0 Å². The fourth-order valence-corrected chi connectivity index (χ4v) is 5.33. The fraction of sp³-hybridized carbons (Fsp3) is 0.483. The van der Waals surface area contributed by atoms with Gasteiger partial charge in [0, 0.05) is 26.4 Å². The van der Waals surface area contributed by atoms with Crippen molar-refractivity contribution < 1.29 is 18.8 Å². The van der Waals surface area contributed by atoms with Gasteiger partial charge in [0.15, 0.2) is 0 Å². The highest BCUT2D eigenvalue weighted by molar-refractivity contribution is 5.92. The summed E-state index contributed by atoms with van der Waals surface area (Å²) in [5.41, 5.74) is 2.22. The number of carbonyl (C=O) groups excluding carboxylic acids is 3. The molecule has 0 spiro atoms. The van der Waals surface area contributed by atoms with Crippen LogP contribution in [0.3, 0.4) is 0 Å². The fourth-order valence-electron chi connectivity index (χ4n) is 5.33. The molecule has 0 radical (unpaired) electrons. The van der Waals surface area contributed by atoms with Crippen molar-refractivity contribution in [1.82, 2.24) is 15.1 Å². The van der Waals surface area contributed by atoms with Gasteiger partial charge in [-0.2, -0.15) is 0 Å². The second-order valence-electron chi connectivity index (χ2n) is 10.7. The first-order valence-electron chi connectivity index (χ1n) is 12.7. The number of likely N-dealkylation sites (tertiary alicyclic amines) is 2. The van der Waals surface area contributed by atoms with Crippen molar-refractivity contribution >= 4 is 17.7 Å². The van der Waals surface area contributed by atoms with E-state index in [0.717, 1.165) is 11.1 Å². The number of hydrogen-bond acceptors (Lipinski definition) is 3. The van der Waals surface area contributed by atoms with Gasteiger partial charge in [0.05, 0.1) is 18.0 Å². The molecule has 36 heavy (non-hydrogen) atoms. The number of carbonyl (C=O) groups is 3. The lowest BCUT2D eigenvalue weighted by Crippen LogP contribution is -2.52. The van der Waals surface area contributed by atoms with Crippen LogP contribution in [-0.4, -0.2) is 59.4 Å². The van der Waals surface area contributed by atoms with Crippen molar-refractivity contribution in [2.45, 2.75) is 64.7 Å². The number of amides is 3. The topological polar surface area (TPSA) is 69.7 Å². The standard InChI is InChI=1S/C29H36FN3O3/c1-19(2)21-10-12-23(13-11-21)26(22-8-6-5-7-9-22)31-27(35)25-16-24(30)17-33(25)28(36)29(4)14-15-32(18-29)20(3)34/h5-13,19,24-26H,14-18H2,1-4H3,(H,31,35). The lowest BCUT2D eigenvalue weighted by Gasteiger charge is -2.33. The molecule has 2 aromatic carbocycles. The van der Waals surface area contributed by atoms with E-state index in [2.05, 4.69) is 31.3 Å². The zero-order valence-corrected chi connectivity index (χ0v) is 21.5. The van der Waals surface area contributed by atoms with Gasteiger partial charge in [-0.25, -0.2) is 4.39 Å². The van der Waals surface area contributed by atoms with Gasteiger partial charge in [0.25, 0.3) is 0 Å². The average Bonchev–Trinajstić information content (AvgIpc) is 3.46. The molecule has 4 atom stereocenters. The smallest absolute Gasteiger partial charge is 0.243 e. The predicted molar refractivity (Wildman–Crippen MR) is 137 cm³/mol. The summed E-state index contributed by atoms with van der Waals surface area (Å²) in [6, 6.07) is 16.5. The first-order chi connectivity index (χ1) is 17.1. The van der Waals surface area contributed by atoms with Crippen LogP contribution >= 0.6 is 0 Å². The van der Waals surface area contributed by atoms with E-state index in [1.54, 1.807) is 4.90 Å². The van der Waals surface area contributed by atoms with E-state index in [1.807, 2.05) is 49.4 Å². The molecule has 2 aliphatic rings. The van der Waals surface area contributed by atoms with Gasteiger partial charge in [0.2, 0.25) is 17.7 Å². The van der Waals surface area contributed by atoms with Crippen LogP contribution in [0.15, 0.2) is 54.6 Å². The zero-order chi connectivity index (χ0) is 26.0. The number of benzene rings is 2. The second kappa shape index (κ2) is 10.4. The van der Waals surface area contributed by atoms with Gasteiger partial charge in [-0.3, -0.25) is 14.4 Å². The molecule has 2 saturated heterocycles. The van der Waals surface area contributed by atoms with Crippen LogP contribution in [0, 0.1) is 5.41 Å². The highest BCUT2D eigenvalue weighted by Gasteiger charge is 2.49. The average molecular weight is 494 g/mol. The summed E-state index contributed by atoms with van der Waals surface area (Å²) in [5, 5.41) is 3.11. The lowest BCUT2D eigenvalue weighted by molar-refractivity contribution is -0.146. The van der Waals surface area contributed by atoms with Gasteiger partial charge in [-0.05, 0) is 36.0 Å². The van der Waals surface area contributed by atoms with Crippen molar-refractivity contribution in [2.24, 2.45) is 5.41 Å². The number of nitrogens with zero attached hydrogens (tertiary/aromatic N) is 2. The van der Waals surface area contributed by atoms with Crippen molar-refractivity contribution in [3.8, 4) is 0 Å². The Morgan fingerprint density at radius 3 is 2.19 bits per heavy atom. The maximum Gasteiger partial charge on any atom is 0.243 e. The third-order valence-electron chi connectivity index (χ3n) is 7.60. The van der Waals surface area contributed by atoms with E-state index >= 15 is 0 Å². The quantitative estimate of drug-likeness (QED) is 0.655. The predicted octanol–water partition coefficient (Wildman–Crippen LogP) is 4.21. The Balaban J connectivity index is 1.57. The second-order valence-corrected chi connectivity index (χ2v) is 10.7. The highest BCUT2D eigenvalue weighted by Crippen LogP contribution is 2.36. The molecule has 6 nitrogen and oxygen atoms in total. The summed E-state index contributed by atoms with van der Waals surface area (Å²) in [7, 11) is 0. The van der Waals surface area contributed by atoms with Crippen LogP contribution in [-0.2, 0) is 14.4 Å². The van der Waals surface area contributed by atoms with E-state index < -0.39 is 23.7 Å². The summed E-state index contributed by atoms with van der Waals surface area (Å²) in [4.78, 5) is 42.0. The largest absolute Gasteiger partial charge is 0.343 e. The first-order valence-corrected chi connectivity index (χ1v) is 12.7. The Morgan fingerprint density at radius 2 is 1.61 bits per heavy atom. The zero-order valence-electron chi connectivity index (χ0n) is 21.5. The number of alkyl halides is 1. The molecule has 2 aromatic rings. The Kier molecular flexibility index (Phi) is 7.48. The molecule has 2 heterocycles. The van der Waals surface area contributed by atoms with Gasteiger partial charge in [0.1, 0.15) is 12.2 Å². The van der Waals surface area contributed by atoms with E-state index in [1.165, 1.54) is 17.4 Å². The van der Waals surface area contributed by atoms with Crippen molar-refractivity contribution in [3.63, 3.8) is 0 Å². The summed E-state index contributed by atoms with van der Waals surface area (Å²) in [5.74, 6) is -0.321. The SMILES string of the molecule is CC(=O)N1CCC(C)(C(=O)N2CC(F)CC2C(=O)NC(c2ccccc2)c2ccc(C(C)C)cc2)C1. The van der Waals surface area contributed by atoms with Crippen LogP contribution < -0.4 is 5.32 Å². The van der Waals surface area contributed by atoms with Crippen molar-refractivity contribution in [3.05, 3.63) is 71.3 Å². The van der Waals surface area contributed by atoms with Crippen molar-refractivity contribution in [2.75, 3.05) is 19.6 Å². The molecule has 4 unspecified atom stereocenters. The maximum absolute atomic E-state index is 14.6. The number of halogens is 1. The molecule has 3 amide bonds. The highest BCUT2D eigenvalue weighted by atomic mass is 19.1. The maximum atomic E-state index is 14.6. The summed E-state index contributed by atoms with van der Waals surface area (Å²) < 4.78 is 14.6. The molecule has 7 heteroatoms. The van der Waals surface area contributed by atoms with E-state index in [0.29, 0.717) is 18.9 Å². The molecule has 0 aromatic heterocycles. The van der Waals surface area contributed by atoms with Gasteiger partial charge in [-0.1, -0.05) is 68.4 Å². The molecule has 4 rings (SSSR count).